The van der Waals surface area contributed by atoms with E-state index in [0.29, 0.717) is 0 Å². The van der Waals surface area contributed by atoms with Crippen molar-refractivity contribution >= 4 is 10.9 Å². The molecule has 0 aromatic rings. The van der Waals surface area contributed by atoms with Crippen LogP contribution >= 0.6 is 0 Å². The molecular weight excluding hydrogens is 116 g/mol. The van der Waals surface area contributed by atoms with E-state index in [-0.39, 0.29) is 0 Å². The van der Waals surface area contributed by atoms with Gasteiger partial charge in [-0.1, -0.05) is 6.92 Å². The second-order valence-corrected chi connectivity index (χ2v) is 5.53. The topological polar surface area (TPSA) is 0 Å². The molecule has 1 aliphatic rings. The van der Waals surface area contributed by atoms with Gasteiger partial charge in [-0.2, -0.15) is 0 Å². The van der Waals surface area contributed by atoms with Gasteiger partial charge >= 0.3 is 0 Å². The summed E-state index contributed by atoms with van der Waals surface area (Å²) in [5.74, 6) is 2.50. The van der Waals surface area contributed by atoms with Gasteiger partial charge in [-0.15, -0.1) is 0 Å². The maximum atomic E-state index is 2.40. The lowest BCUT2D eigenvalue weighted by molar-refractivity contribution is 0.626. The SMILES string of the molecule is C[C@@H]1C[C@@H](C)[S+](C)C1. The fourth-order valence-corrected chi connectivity index (χ4v) is 3.43. The molecule has 1 aliphatic heterocycles. The highest BCUT2D eigenvalue weighted by Gasteiger charge is 2.32. The van der Waals surface area contributed by atoms with Gasteiger partial charge in [0.1, 0.15) is 11.0 Å². The summed E-state index contributed by atoms with van der Waals surface area (Å²) in [6.07, 6.45) is 3.87. The average Bonchev–Trinajstić information content (AvgIpc) is 1.85. The summed E-state index contributed by atoms with van der Waals surface area (Å²) in [5, 5.41) is 1.02. The fraction of sp³-hybridized carbons (Fsp3) is 1.00. The maximum Gasteiger partial charge on any atom is 0.115 e. The molecule has 0 radical (unpaired) electrons. The molecule has 8 heavy (non-hydrogen) atoms. The Balaban J connectivity index is 2.39. The van der Waals surface area contributed by atoms with Crippen LogP contribution in [-0.2, 0) is 10.9 Å². The third-order valence-corrected chi connectivity index (χ3v) is 4.63. The van der Waals surface area contributed by atoms with Crippen LogP contribution in [0.5, 0.6) is 0 Å². The Morgan fingerprint density at radius 3 is 2.12 bits per heavy atom. The highest BCUT2D eigenvalue weighted by Crippen LogP contribution is 2.24. The van der Waals surface area contributed by atoms with Gasteiger partial charge in [0.15, 0.2) is 0 Å². The second kappa shape index (κ2) is 2.30. The standard InChI is InChI=1S/C7H15S/c1-6-4-7(2)8(3)5-6/h6-7H,4-5H2,1-3H3/q+1/t6-,7-,8?/m1/s1. The van der Waals surface area contributed by atoms with Crippen molar-refractivity contribution in [3.63, 3.8) is 0 Å². The zero-order chi connectivity index (χ0) is 6.15. The number of hydrogen-bond acceptors (Lipinski definition) is 0. The molecule has 0 bridgehead atoms. The van der Waals surface area contributed by atoms with Gasteiger partial charge < -0.3 is 0 Å². The van der Waals surface area contributed by atoms with Crippen LogP contribution < -0.4 is 0 Å². The van der Waals surface area contributed by atoms with E-state index in [2.05, 4.69) is 20.1 Å². The van der Waals surface area contributed by atoms with Crippen LogP contribution in [0.15, 0.2) is 0 Å². The molecule has 0 spiro atoms. The molecule has 48 valence electrons. The second-order valence-electron chi connectivity index (χ2n) is 3.01. The van der Waals surface area contributed by atoms with E-state index in [4.69, 9.17) is 0 Å². The summed E-state index contributed by atoms with van der Waals surface area (Å²) < 4.78 is 0. The maximum absolute atomic E-state index is 2.40. The molecule has 0 aromatic carbocycles. The minimum absolute atomic E-state index is 0.752. The lowest BCUT2D eigenvalue weighted by Gasteiger charge is -1.95. The number of hydrogen-bond donors (Lipinski definition) is 0. The molecule has 0 aliphatic carbocycles. The minimum atomic E-state index is 0.752. The summed E-state index contributed by atoms with van der Waals surface area (Å²) in [6, 6.07) is 0. The molecule has 1 heteroatoms. The quantitative estimate of drug-likeness (QED) is 0.439. The van der Waals surface area contributed by atoms with Gasteiger partial charge in [0.05, 0.1) is 6.26 Å². The van der Waals surface area contributed by atoms with E-state index in [9.17, 15) is 0 Å². The van der Waals surface area contributed by atoms with Crippen molar-refractivity contribution < 1.29 is 0 Å². The van der Waals surface area contributed by atoms with Gasteiger partial charge in [0, 0.05) is 12.3 Å². The predicted molar refractivity (Wildman–Crippen MR) is 41.4 cm³/mol. The molecular formula is C7H15S+. The van der Waals surface area contributed by atoms with E-state index in [1.165, 1.54) is 12.2 Å². The van der Waals surface area contributed by atoms with Crippen molar-refractivity contribution in [2.45, 2.75) is 25.5 Å². The average molecular weight is 131 g/mol. The summed E-state index contributed by atoms with van der Waals surface area (Å²) in [6.45, 7) is 4.75. The molecule has 0 amide bonds. The van der Waals surface area contributed by atoms with Crippen molar-refractivity contribution in [2.75, 3.05) is 12.0 Å². The molecule has 1 fully saturated rings. The van der Waals surface area contributed by atoms with Gasteiger partial charge in [-0.25, -0.2) is 0 Å². The predicted octanol–water partition coefficient (Wildman–Crippen LogP) is 1.66. The smallest absolute Gasteiger partial charge is 0.0578 e. The molecule has 1 saturated heterocycles. The van der Waals surface area contributed by atoms with Crippen molar-refractivity contribution in [3.8, 4) is 0 Å². The Morgan fingerprint density at radius 2 is 2.00 bits per heavy atom. The molecule has 1 heterocycles. The van der Waals surface area contributed by atoms with Crippen molar-refractivity contribution in [2.24, 2.45) is 5.92 Å². The van der Waals surface area contributed by atoms with Crippen molar-refractivity contribution in [1.82, 2.24) is 0 Å². The van der Waals surface area contributed by atoms with Crippen LogP contribution in [0.4, 0.5) is 0 Å². The van der Waals surface area contributed by atoms with Crippen LogP contribution in [0.2, 0.25) is 0 Å². The molecule has 0 N–H and O–H groups in total. The highest BCUT2D eigenvalue weighted by molar-refractivity contribution is 7.97. The Bertz CT molecular complexity index is 70.5. The zero-order valence-electron chi connectivity index (χ0n) is 5.98. The Labute approximate surface area is 55.0 Å². The normalized spacial score (nSPS) is 47.6. The van der Waals surface area contributed by atoms with E-state index < -0.39 is 0 Å². The van der Waals surface area contributed by atoms with E-state index in [0.717, 1.165) is 22.1 Å². The lowest BCUT2D eigenvalue weighted by Crippen LogP contribution is -2.09. The van der Waals surface area contributed by atoms with Crippen LogP contribution in [0.3, 0.4) is 0 Å². The van der Waals surface area contributed by atoms with E-state index >= 15 is 0 Å². The van der Waals surface area contributed by atoms with Gasteiger partial charge in [-0.05, 0) is 17.8 Å². The first-order valence-corrected chi connectivity index (χ1v) is 5.18. The molecule has 1 unspecified atom stereocenters. The first kappa shape index (κ1) is 6.47. The van der Waals surface area contributed by atoms with Crippen LogP contribution in [0.25, 0.3) is 0 Å². The Hall–Kier alpha value is 0.350. The van der Waals surface area contributed by atoms with Gasteiger partial charge in [0.2, 0.25) is 0 Å². The van der Waals surface area contributed by atoms with E-state index in [1.54, 1.807) is 0 Å². The summed E-state index contributed by atoms with van der Waals surface area (Å²) in [7, 11) is 0.752. The molecule has 0 aromatic heterocycles. The third kappa shape index (κ3) is 1.19. The van der Waals surface area contributed by atoms with Crippen LogP contribution in [-0.4, -0.2) is 17.3 Å². The molecule has 0 saturated carbocycles. The monoisotopic (exact) mass is 131 g/mol. The molecule has 0 nitrogen and oxygen atoms in total. The van der Waals surface area contributed by atoms with Crippen LogP contribution in [0.1, 0.15) is 20.3 Å². The largest absolute Gasteiger partial charge is 0.115 e. The Kier molecular flexibility index (Phi) is 1.86. The van der Waals surface area contributed by atoms with Crippen molar-refractivity contribution in [3.05, 3.63) is 0 Å². The van der Waals surface area contributed by atoms with E-state index in [1.807, 2.05) is 0 Å². The lowest BCUT2D eigenvalue weighted by atomic mass is 10.1. The first-order valence-electron chi connectivity index (χ1n) is 3.31. The first-order chi connectivity index (χ1) is 3.70. The zero-order valence-corrected chi connectivity index (χ0v) is 6.79. The summed E-state index contributed by atoms with van der Waals surface area (Å²) in [5.41, 5.74) is 0. The Morgan fingerprint density at radius 1 is 1.38 bits per heavy atom. The molecule has 1 rings (SSSR count). The highest BCUT2D eigenvalue weighted by atomic mass is 32.2. The van der Waals surface area contributed by atoms with Gasteiger partial charge in [0.25, 0.3) is 0 Å². The summed E-state index contributed by atoms with van der Waals surface area (Å²) >= 11 is 0. The number of rotatable bonds is 0. The molecule has 3 atom stereocenters. The van der Waals surface area contributed by atoms with Crippen LogP contribution in [0, 0.1) is 5.92 Å². The summed E-state index contributed by atoms with van der Waals surface area (Å²) in [4.78, 5) is 0. The fourth-order valence-electron chi connectivity index (χ4n) is 1.41. The van der Waals surface area contributed by atoms with Gasteiger partial charge in [-0.3, -0.25) is 0 Å². The van der Waals surface area contributed by atoms with Crippen molar-refractivity contribution in [1.29, 1.82) is 0 Å². The third-order valence-electron chi connectivity index (χ3n) is 1.97. The minimum Gasteiger partial charge on any atom is -0.0578 e.